The van der Waals surface area contributed by atoms with Gasteiger partial charge in [-0.05, 0) is 30.8 Å². The van der Waals surface area contributed by atoms with Crippen molar-refractivity contribution in [1.29, 1.82) is 0 Å². The summed E-state index contributed by atoms with van der Waals surface area (Å²) in [5.74, 6) is -2.19. The Bertz CT molecular complexity index is 464. The number of rotatable bonds is 6. The number of benzene rings is 1. The van der Waals surface area contributed by atoms with E-state index in [0.29, 0.717) is 0 Å². The molecule has 7 heteroatoms. The second kappa shape index (κ2) is 7.32. The van der Waals surface area contributed by atoms with Gasteiger partial charge < -0.3 is 20.8 Å². The number of carboxylic acids is 2. The fourth-order valence-electron chi connectivity index (χ4n) is 1.37. The van der Waals surface area contributed by atoms with Crippen molar-refractivity contribution >= 4 is 35.0 Å². The summed E-state index contributed by atoms with van der Waals surface area (Å²) in [7, 11) is 0. The number of anilines is 1. The van der Waals surface area contributed by atoms with Crippen LogP contribution in [0.5, 0.6) is 0 Å². The second-order valence-corrected chi connectivity index (χ2v) is 4.20. The number of hydrogen-bond acceptors (Lipinski definition) is 3. The van der Waals surface area contributed by atoms with Crippen LogP contribution in [0.4, 0.5) is 5.69 Å². The van der Waals surface area contributed by atoms with Gasteiger partial charge in [0.25, 0.3) is 0 Å². The highest BCUT2D eigenvalue weighted by atomic mass is 32.1. The van der Waals surface area contributed by atoms with Gasteiger partial charge in [-0.2, -0.15) is 0 Å². The van der Waals surface area contributed by atoms with Gasteiger partial charge in [-0.3, -0.25) is 4.79 Å². The van der Waals surface area contributed by atoms with Crippen molar-refractivity contribution < 1.29 is 19.8 Å². The van der Waals surface area contributed by atoms with Crippen molar-refractivity contribution in [1.82, 2.24) is 5.32 Å². The first kappa shape index (κ1) is 14.9. The van der Waals surface area contributed by atoms with E-state index in [9.17, 15) is 9.59 Å². The minimum atomic E-state index is -1.14. The van der Waals surface area contributed by atoms with E-state index in [-0.39, 0.29) is 18.0 Å². The summed E-state index contributed by atoms with van der Waals surface area (Å²) < 4.78 is 0. The van der Waals surface area contributed by atoms with E-state index in [1.165, 1.54) is 0 Å². The number of nitrogens with one attached hydrogen (secondary N) is 2. The quantitative estimate of drug-likeness (QED) is 0.583. The molecule has 1 aromatic carbocycles. The molecule has 0 aliphatic rings. The maximum absolute atomic E-state index is 11.0. The van der Waals surface area contributed by atoms with E-state index < -0.39 is 18.0 Å². The van der Waals surface area contributed by atoms with Crippen molar-refractivity contribution in [3.63, 3.8) is 0 Å². The van der Waals surface area contributed by atoms with Crippen LogP contribution in [-0.4, -0.2) is 33.3 Å². The summed E-state index contributed by atoms with van der Waals surface area (Å²) in [6, 6.07) is 7.99. The molecule has 102 valence electrons. The predicted molar refractivity (Wildman–Crippen MR) is 74.1 cm³/mol. The Balaban J connectivity index is 2.52. The molecule has 0 saturated carbocycles. The van der Waals surface area contributed by atoms with E-state index in [0.717, 1.165) is 5.69 Å². The zero-order valence-electron chi connectivity index (χ0n) is 10.00. The van der Waals surface area contributed by atoms with Gasteiger partial charge in [-0.1, -0.05) is 18.2 Å². The van der Waals surface area contributed by atoms with Crippen LogP contribution >= 0.6 is 12.2 Å². The minimum absolute atomic E-state index is 0.0404. The molecule has 0 aliphatic heterocycles. The van der Waals surface area contributed by atoms with Crippen molar-refractivity contribution in [3.8, 4) is 0 Å². The molecule has 19 heavy (non-hydrogen) atoms. The van der Waals surface area contributed by atoms with E-state index in [1.807, 2.05) is 18.2 Å². The molecule has 0 spiro atoms. The first-order valence-electron chi connectivity index (χ1n) is 5.56. The molecule has 0 fully saturated rings. The molecule has 0 bridgehead atoms. The Morgan fingerprint density at radius 2 is 1.84 bits per heavy atom. The summed E-state index contributed by atoms with van der Waals surface area (Å²) >= 11 is 4.98. The fraction of sp³-hybridized carbons (Fsp3) is 0.250. The molecular weight excluding hydrogens is 268 g/mol. The first-order chi connectivity index (χ1) is 8.99. The zero-order chi connectivity index (χ0) is 14.3. The topological polar surface area (TPSA) is 98.7 Å². The number of hydrogen-bond donors (Lipinski definition) is 4. The lowest BCUT2D eigenvalue weighted by atomic mass is 10.1. The van der Waals surface area contributed by atoms with E-state index in [4.69, 9.17) is 22.4 Å². The number of para-hydroxylation sites is 1. The maximum Gasteiger partial charge on any atom is 0.326 e. The SMILES string of the molecule is O=C(O)CC[C@@H](NC(=S)Nc1ccccc1)C(=O)O. The van der Waals surface area contributed by atoms with Crippen LogP contribution in [0.1, 0.15) is 12.8 Å². The maximum atomic E-state index is 11.0. The van der Waals surface area contributed by atoms with Crippen LogP contribution in [-0.2, 0) is 9.59 Å². The third kappa shape index (κ3) is 5.82. The summed E-state index contributed by atoms with van der Waals surface area (Å²) in [5.41, 5.74) is 0.724. The predicted octanol–water partition coefficient (Wildman–Crippen LogP) is 1.29. The second-order valence-electron chi connectivity index (χ2n) is 3.79. The van der Waals surface area contributed by atoms with Crippen molar-refractivity contribution in [2.75, 3.05) is 5.32 Å². The van der Waals surface area contributed by atoms with Gasteiger partial charge in [-0.25, -0.2) is 4.79 Å². The number of thiocarbonyl (C=S) groups is 1. The van der Waals surface area contributed by atoms with Crippen molar-refractivity contribution in [2.45, 2.75) is 18.9 Å². The Labute approximate surface area is 115 Å². The zero-order valence-corrected chi connectivity index (χ0v) is 10.8. The lowest BCUT2D eigenvalue weighted by Crippen LogP contribution is -2.43. The van der Waals surface area contributed by atoms with Gasteiger partial charge in [0.05, 0.1) is 0 Å². The molecule has 1 aromatic rings. The summed E-state index contributed by atoms with van der Waals surface area (Å²) in [5, 5.41) is 23.0. The average Bonchev–Trinajstić information content (AvgIpc) is 2.35. The molecule has 0 unspecified atom stereocenters. The smallest absolute Gasteiger partial charge is 0.326 e. The molecule has 0 aromatic heterocycles. The minimum Gasteiger partial charge on any atom is -0.481 e. The van der Waals surface area contributed by atoms with Gasteiger partial charge in [0.15, 0.2) is 5.11 Å². The molecular formula is C12H14N2O4S. The third-order valence-electron chi connectivity index (χ3n) is 2.28. The van der Waals surface area contributed by atoms with E-state index in [1.54, 1.807) is 12.1 Å². The highest BCUT2D eigenvalue weighted by Crippen LogP contribution is 2.05. The first-order valence-corrected chi connectivity index (χ1v) is 5.97. The van der Waals surface area contributed by atoms with Crippen LogP contribution in [0, 0.1) is 0 Å². The molecule has 0 radical (unpaired) electrons. The van der Waals surface area contributed by atoms with Crippen LogP contribution in [0.2, 0.25) is 0 Å². The number of carboxylic acid groups (broad SMARTS) is 2. The Hall–Kier alpha value is -2.15. The van der Waals surface area contributed by atoms with E-state index >= 15 is 0 Å². The summed E-state index contributed by atoms with van der Waals surface area (Å²) in [4.78, 5) is 21.4. The average molecular weight is 282 g/mol. The molecule has 4 N–H and O–H groups in total. The lowest BCUT2D eigenvalue weighted by Gasteiger charge is -2.16. The number of carbonyl (C=O) groups is 2. The normalized spacial score (nSPS) is 11.4. The van der Waals surface area contributed by atoms with Gasteiger partial charge >= 0.3 is 11.9 Å². The molecule has 6 nitrogen and oxygen atoms in total. The van der Waals surface area contributed by atoms with Crippen LogP contribution in [0.3, 0.4) is 0 Å². The van der Waals surface area contributed by atoms with Gasteiger partial charge in [0, 0.05) is 12.1 Å². The van der Waals surface area contributed by atoms with Gasteiger partial charge in [0.2, 0.25) is 0 Å². The highest BCUT2D eigenvalue weighted by molar-refractivity contribution is 7.80. The molecule has 0 heterocycles. The summed E-state index contributed by atoms with van der Waals surface area (Å²) in [6.07, 6.45) is -0.279. The van der Waals surface area contributed by atoms with Crippen molar-refractivity contribution in [3.05, 3.63) is 30.3 Å². The van der Waals surface area contributed by atoms with Crippen LogP contribution in [0.25, 0.3) is 0 Å². The monoisotopic (exact) mass is 282 g/mol. The standard InChI is InChI=1S/C12H14N2O4S/c15-10(16)7-6-9(11(17)18)14-12(19)13-8-4-2-1-3-5-8/h1-5,9H,6-7H2,(H,15,16)(H,17,18)(H2,13,14,19)/t9-/m1/s1. The Kier molecular flexibility index (Phi) is 5.74. The van der Waals surface area contributed by atoms with Crippen molar-refractivity contribution in [2.24, 2.45) is 0 Å². The molecule has 1 atom stereocenters. The fourth-order valence-corrected chi connectivity index (χ4v) is 1.63. The molecule has 1 rings (SSSR count). The molecule has 0 amide bonds. The third-order valence-corrected chi connectivity index (χ3v) is 2.50. The summed E-state index contributed by atoms with van der Waals surface area (Å²) in [6.45, 7) is 0. The Morgan fingerprint density at radius 3 is 2.37 bits per heavy atom. The van der Waals surface area contributed by atoms with Gasteiger partial charge in [0.1, 0.15) is 6.04 Å². The Morgan fingerprint density at radius 1 is 1.21 bits per heavy atom. The number of aliphatic carboxylic acids is 2. The highest BCUT2D eigenvalue weighted by Gasteiger charge is 2.19. The molecule has 0 saturated heterocycles. The van der Waals surface area contributed by atoms with Crippen LogP contribution in [0.15, 0.2) is 30.3 Å². The van der Waals surface area contributed by atoms with Crippen LogP contribution < -0.4 is 10.6 Å². The lowest BCUT2D eigenvalue weighted by molar-refractivity contribution is -0.140. The largest absolute Gasteiger partial charge is 0.481 e. The molecule has 0 aliphatic carbocycles. The van der Waals surface area contributed by atoms with E-state index in [2.05, 4.69) is 10.6 Å². The van der Waals surface area contributed by atoms with Gasteiger partial charge in [-0.15, -0.1) is 0 Å².